The van der Waals surface area contributed by atoms with Crippen molar-refractivity contribution < 1.29 is 0 Å². The molecule has 4 aliphatic carbocycles. The number of nitrogens with one attached hydrogen (secondary N) is 8. The molecule has 20 unspecified atom stereocenters. The third kappa shape index (κ3) is 6.05. The van der Waals surface area contributed by atoms with Crippen molar-refractivity contribution in [2.45, 2.75) is 148 Å². The molecule has 0 aromatic rings. The molecule has 9 rings (SSSR count). The van der Waals surface area contributed by atoms with Gasteiger partial charge < -0.3 is 0 Å². The molecule has 5 heterocycles. The lowest BCUT2D eigenvalue weighted by Gasteiger charge is -2.44. The van der Waals surface area contributed by atoms with Gasteiger partial charge in [-0.2, -0.15) is 0 Å². The van der Waals surface area contributed by atoms with Crippen LogP contribution >= 0.6 is 58.8 Å². The van der Waals surface area contributed by atoms with Crippen LogP contribution in [0.3, 0.4) is 0 Å². The Morgan fingerprint density at radius 3 is 0.739 bits per heavy atom. The Hall–Kier alpha value is 1.66. The van der Waals surface area contributed by atoms with E-state index < -0.39 is 0 Å². The van der Waals surface area contributed by atoms with Crippen LogP contribution in [0.4, 0.5) is 0 Å². The molecular formula is C32H56AlCl5N8. The first-order chi connectivity index (χ1) is 21.5. The molecule has 0 spiro atoms. The summed E-state index contributed by atoms with van der Waals surface area (Å²) in [4.78, 5) is 0. The summed E-state index contributed by atoms with van der Waals surface area (Å²) in [5.74, 6) is 3.88. The van der Waals surface area contributed by atoms with E-state index in [-0.39, 0.29) is 87.8 Å². The van der Waals surface area contributed by atoms with Gasteiger partial charge in [0.25, 0.3) is 0 Å². The highest BCUT2D eigenvalue weighted by atomic mass is 35.5. The normalized spacial score (nSPS) is 57.7. The standard InChI is InChI=1S/C32H52Cl4N8.Al.ClH.3H/c33-21-19-20(22(34)24(36)23(21)35)32-43-30-18-12-6-4-10-16(18)28(41-30)39-26-14-8-2-1-7-13(14)25(37-26)38-27-15-9-3-5-11-17(15)29(40-27)42-31(19)44-32;;;;;/h13-32,37-44H,1-12H2;;1H;;;. The molecular weight excluding hydrogens is 701 g/mol. The first-order valence-electron chi connectivity index (χ1n) is 18.1. The lowest BCUT2D eigenvalue weighted by molar-refractivity contribution is 0.170. The van der Waals surface area contributed by atoms with Crippen LogP contribution in [-0.2, 0) is 0 Å². The lowest BCUT2D eigenvalue weighted by Crippen LogP contribution is -2.62. The predicted molar refractivity (Wildman–Crippen MR) is 194 cm³/mol. The van der Waals surface area contributed by atoms with Crippen molar-refractivity contribution in [1.82, 2.24) is 42.5 Å². The first kappa shape index (κ1) is 36.0. The Balaban J connectivity index is 0.00000169. The van der Waals surface area contributed by atoms with Crippen molar-refractivity contribution >= 4 is 76.2 Å². The summed E-state index contributed by atoms with van der Waals surface area (Å²) in [6.45, 7) is 0. The molecule has 0 amide bonds. The molecule has 8 N–H and O–H groups in total. The Bertz CT molecular complexity index is 992. The molecule has 4 saturated carbocycles. The van der Waals surface area contributed by atoms with E-state index >= 15 is 0 Å². The van der Waals surface area contributed by atoms with E-state index in [1.54, 1.807) is 0 Å². The fraction of sp³-hybridized carbons (Fsp3) is 1.00. The van der Waals surface area contributed by atoms with Gasteiger partial charge in [0, 0.05) is 11.8 Å². The molecule has 14 heteroatoms. The van der Waals surface area contributed by atoms with Crippen LogP contribution in [-0.4, -0.2) is 88.2 Å². The highest BCUT2D eigenvalue weighted by Crippen LogP contribution is 2.49. The third-order valence-electron chi connectivity index (χ3n) is 13.9. The largest absolute Gasteiger partial charge is 0.286 e. The monoisotopic (exact) mass is 754 g/mol. The zero-order valence-electron chi connectivity index (χ0n) is 26.0. The van der Waals surface area contributed by atoms with Crippen molar-refractivity contribution in [3.63, 3.8) is 0 Å². The Labute approximate surface area is 312 Å². The molecule has 262 valence electrons. The molecule has 5 saturated heterocycles. The van der Waals surface area contributed by atoms with Crippen molar-refractivity contribution in [2.24, 2.45) is 47.3 Å². The molecule has 0 aromatic carbocycles. The van der Waals surface area contributed by atoms with Crippen LogP contribution in [0.1, 0.15) is 77.0 Å². The van der Waals surface area contributed by atoms with Crippen LogP contribution in [0.2, 0.25) is 0 Å². The summed E-state index contributed by atoms with van der Waals surface area (Å²) in [5.41, 5.74) is 0. The van der Waals surface area contributed by atoms with E-state index in [4.69, 9.17) is 46.4 Å². The zero-order valence-corrected chi connectivity index (χ0v) is 29.8. The van der Waals surface area contributed by atoms with Gasteiger partial charge in [0.15, 0.2) is 17.4 Å². The average Bonchev–Trinajstić information content (AvgIpc) is 3.78. The molecule has 20 atom stereocenters. The van der Waals surface area contributed by atoms with E-state index in [0.29, 0.717) is 60.2 Å². The Morgan fingerprint density at radius 1 is 0.304 bits per heavy atom. The fourth-order valence-corrected chi connectivity index (χ4v) is 13.7. The second-order valence-electron chi connectivity index (χ2n) is 15.9. The summed E-state index contributed by atoms with van der Waals surface area (Å²) in [5, 5.41) is 31.7. The minimum absolute atomic E-state index is 0. The number of halogens is 5. The van der Waals surface area contributed by atoms with Gasteiger partial charge in [0.2, 0.25) is 0 Å². The quantitative estimate of drug-likeness (QED) is 0.142. The average molecular weight is 757 g/mol. The van der Waals surface area contributed by atoms with Crippen LogP contribution in [0, 0.1) is 47.3 Å². The van der Waals surface area contributed by atoms with E-state index in [2.05, 4.69) is 42.5 Å². The molecule has 0 aromatic heterocycles. The van der Waals surface area contributed by atoms with E-state index in [0.717, 1.165) is 0 Å². The number of rotatable bonds is 0. The molecule has 8 nitrogen and oxygen atoms in total. The van der Waals surface area contributed by atoms with E-state index in [1.807, 2.05) is 0 Å². The molecule has 9 fully saturated rings. The molecule has 5 aliphatic heterocycles. The minimum Gasteiger partial charge on any atom is -0.286 e. The minimum atomic E-state index is -0.375. The first-order valence-corrected chi connectivity index (χ1v) is 19.9. The highest BCUT2D eigenvalue weighted by Gasteiger charge is 2.60. The van der Waals surface area contributed by atoms with Crippen molar-refractivity contribution in [3.8, 4) is 0 Å². The second kappa shape index (κ2) is 14.6. The van der Waals surface area contributed by atoms with Crippen LogP contribution in [0.15, 0.2) is 0 Å². The number of alkyl halides is 4. The van der Waals surface area contributed by atoms with Gasteiger partial charge in [-0.1, -0.05) is 38.5 Å². The Morgan fingerprint density at radius 2 is 0.500 bits per heavy atom. The van der Waals surface area contributed by atoms with Crippen molar-refractivity contribution in [3.05, 3.63) is 0 Å². The smallest absolute Gasteiger partial charge is 0.187 e. The summed E-state index contributed by atoms with van der Waals surface area (Å²) in [6.07, 6.45) is 17.3. The van der Waals surface area contributed by atoms with Gasteiger partial charge in [-0.3, -0.25) is 42.5 Å². The molecule has 9 aliphatic rings. The van der Waals surface area contributed by atoms with Gasteiger partial charge in [-0.05, 0) is 74.0 Å². The Kier molecular flexibility index (Phi) is 11.4. The van der Waals surface area contributed by atoms with Gasteiger partial charge in [-0.25, -0.2) is 0 Å². The number of hydrogen-bond donors (Lipinski definition) is 8. The maximum atomic E-state index is 7.23. The van der Waals surface area contributed by atoms with E-state index in [9.17, 15) is 0 Å². The van der Waals surface area contributed by atoms with Crippen molar-refractivity contribution in [2.75, 3.05) is 0 Å². The predicted octanol–water partition coefficient (Wildman–Crippen LogP) is 2.71. The topological polar surface area (TPSA) is 96.2 Å². The maximum Gasteiger partial charge on any atom is 0.187 e. The molecule has 8 bridgehead atoms. The fourth-order valence-electron chi connectivity index (χ4n) is 11.9. The summed E-state index contributed by atoms with van der Waals surface area (Å²) >= 11 is 28.3. The van der Waals surface area contributed by atoms with Crippen LogP contribution in [0.25, 0.3) is 0 Å². The lowest BCUT2D eigenvalue weighted by atomic mass is 9.76. The summed E-state index contributed by atoms with van der Waals surface area (Å²) in [7, 11) is 0. The maximum absolute atomic E-state index is 7.23. The van der Waals surface area contributed by atoms with Gasteiger partial charge in [-0.15, -0.1) is 58.8 Å². The SMILES string of the molecule is Cl.ClC1C(Cl)C(Cl)C2C3NC4NC(NC5NC(NC6NC(NC(N3)C2C1Cl)C1CCCCC61)C1CCCCC51)C1CCCCC41.[AlH3]. The second-order valence-corrected chi connectivity index (χ2v) is 17.9. The van der Waals surface area contributed by atoms with Crippen LogP contribution in [0.5, 0.6) is 0 Å². The van der Waals surface area contributed by atoms with E-state index in [1.165, 1.54) is 77.0 Å². The highest BCUT2D eigenvalue weighted by molar-refractivity contribution is 6.38. The number of hydrogen-bond acceptors (Lipinski definition) is 8. The summed E-state index contributed by atoms with van der Waals surface area (Å²) in [6, 6.07) is 0. The van der Waals surface area contributed by atoms with Gasteiger partial charge >= 0.3 is 0 Å². The van der Waals surface area contributed by atoms with Crippen LogP contribution < -0.4 is 42.5 Å². The zero-order chi connectivity index (χ0) is 29.7. The molecule has 0 radical (unpaired) electrons. The molecule has 46 heavy (non-hydrogen) atoms. The van der Waals surface area contributed by atoms with Crippen molar-refractivity contribution in [1.29, 1.82) is 0 Å². The van der Waals surface area contributed by atoms with Gasteiger partial charge in [0.1, 0.15) is 0 Å². The summed E-state index contributed by atoms with van der Waals surface area (Å²) < 4.78 is 0. The number of fused-ring (bicyclic) bond motifs is 20. The third-order valence-corrected chi connectivity index (χ3v) is 16.5. The van der Waals surface area contributed by atoms with Gasteiger partial charge in [0.05, 0.1) is 70.8 Å².